The van der Waals surface area contributed by atoms with Gasteiger partial charge < -0.3 is 10.4 Å². The molecular formula is C13H13NO3S2. The fraction of sp³-hybridized carbons (Fsp3) is 0.154. The molecule has 1 aromatic heterocycles. The number of hydrogen-bond acceptors (Lipinski definition) is 4. The first kappa shape index (κ1) is 13.8. The largest absolute Gasteiger partial charge is 0.507 e. The molecule has 2 N–H and O–H groups in total. The van der Waals surface area contributed by atoms with Crippen LogP contribution >= 0.6 is 11.3 Å². The Morgan fingerprint density at radius 2 is 2.05 bits per heavy atom. The summed E-state index contributed by atoms with van der Waals surface area (Å²) in [4.78, 5) is 12.9. The zero-order valence-electron chi connectivity index (χ0n) is 10.0. The zero-order valence-corrected chi connectivity index (χ0v) is 11.7. The summed E-state index contributed by atoms with van der Waals surface area (Å²) in [6.07, 6.45) is 0. The highest BCUT2D eigenvalue weighted by molar-refractivity contribution is 7.85. The van der Waals surface area contributed by atoms with Crippen LogP contribution in [0.25, 0.3) is 0 Å². The predicted octanol–water partition coefficient (Wildman–Crippen LogP) is 1.99. The molecule has 0 aliphatic heterocycles. The van der Waals surface area contributed by atoms with Crippen molar-refractivity contribution in [3.05, 3.63) is 46.7 Å². The number of aromatic hydroxyl groups is 1. The molecule has 0 aliphatic carbocycles. The van der Waals surface area contributed by atoms with Crippen LogP contribution in [0.2, 0.25) is 0 Å². The highest BCUT2D eigenvalue weighted by atomic mass is 32.2. The predicted molar refractivity (Wildman–Crippen MR) is 76.0 cm³/mol. The Morgan fingerprint density at radius 1 is 1.32 bits per heavy atom. The summed E-state index contributed by atoms with van der Waals surface area (Å²) in [7, 11) is -1.11. The van der Waals surface area contributed by atoms with E-state index in [0.29, 0.717) is 17.2 Å². The normalized spacial score (nSPS) is 12.0. The number of carbonyl (C=O) groups excluding carboxylic acids is 1. The Hall–Kier alpha value is -1.66. The van der Waals surface area contributed by atoms with E-state index in [-0.39, 0.29) is 11.7 Å². The monoisotopic (exact) mass is 295 g/mol. The summed E-state index contributed by atoms with van der Waals surface area (Å²) >= 11 is 1.17. The Labute approximate surface area is 117 Å². The first-order valence-electron chi connectivity index (χ1n) is 5.66. The fourth-order valence-electron chi connectivity index (χ4n) is 1.48. The van der Waals surface area contributed by atoms with Gasteiger partial charge in [0.2, 0.25) is 0 Å². The molecular weight excluding hydrogens is 282 g/mol. The van der Waals surface area contributed by atoms with E-state index in [4.69, 9.17) is 5.11 Å². The summed E-state index contributed by atoms with van der Waals surface area (Å²) in [6, 6.07) is 10.5. The average molecular weight is 295 g/mol. The molecule has 6 heteroatoms. The Bertz CT molecular complexity index is 581. The van der Waals surface area contributed by atoms with Gasteiger partial charge in [-0.05, 0) is 12.1 Å². The second-order valence-electron chi connectivity index (χ2n) is 3.79. The average Bonchev–Trinajstić information content (AvgIpc) is 2.86. The molecule has 0 unspecified atom stereocenters. The van der Waals surface area contributed by atoms with Crippen molar-refractivity contribution < 1.29 is 14.1 Å². The number of benzene rings is 1. The van der Waals surface area contributed by atoms with Crippen LogP contribution in [0.15, 0.2) is 46.7 Å². The molecule has 1 atom stereocenters. The van der Waals surface area contributed by atoms with Gasteiger partial charge in [-0.1, -0.05) is 18.2 Å². The lowest BCUT2D eigenvalue weighted by Crippen LogP contribution is -2.27. The molecule has 0 radical (unpaired) electrons. The smallest absolute Gasteiger partial charge is 0.261 e. The van der Waals surface area contributed by atoms with Crippen LogP contribution in [0.4, 0.5) is 0 Å². The van der Waals surface area contributed by atoms with Crippen LogP contribution in [0.1, 0.15) is 9.67 Å². The van der Waals surface area contributed by atoms with E-state index in [1.165, 1.54) is 22.8 Å². The van der Waals surface area contributed by atoms with Gasteiger partial charge >= 0.3 is 0 Å². The molecule has 4 nitrogen and oxygen atoms in total. The lowest BCUT2D eigenvalue weighted by molar-refractivity contribution is 0.0960. The van der Waals surface area contributed by atoms with Crippen LogP contribution in [0.5, 0.6) is 5.75 Å². The SMILES string of the molecule is O=C(NCC[S@@](=O)c1ccccc1)c1cc(O)cs1. The maximum absolute atomic E-state index is 11.9. The molecule has 0 fully saturated rings. The molecule has 19 heavy (non-hydrogen) atoms. The number of thiophene rings is 1. The molecule has 0 aliphatic rings. The first-order valence-corrected chi connectivity index (χ1v) is 7.86. The van der Waals surface area contributed by atoms with E-state index in [2.05, 4.69) is 5.32 Å². The lowest BCUT2D eigenvalue weighted by Gasteiger charge is -2.04. The van der Waals surface area contributed by atoms with Crippen molar-refractivity contribution in [2.45, 2.75) is 4.90 Å². The van der Waals surface area contributed by atoms with E-state index < -0.39 is 10.8 Å². The van der Waals surface area contributed by atoms with E-state index in [0.717, 1.165) is 4.90 Å². The van der Waals surface area contributed by atoms with Gasteiger partial charge in [0.25, 0.3) is 5.91 Å². The van der Waals surface area contributed by atoms with Gasteiger partial charge in [0, 0.05) is 28.6 Å². The van der Waals surface area contributed by atoms with Gasteiger partial charge in [0.1, 0.15) is 5.75 Å². The molecule has 0 spiro atoms. The number of rotatable bonds is 5. The minimum absolute atomic E-state index is 0.0861. The maximum atomic E-state index is 11.9. The molecule has 100 valence electrons. The summed E-state index contributed by atoms with van der Waals surface area (Å²) in [5.74, 6) is 0.200. The summed E-state index contributed by atoms with van der Waals surface area (Å²) in [5, 5.41) is 13.3. The lowest BCUT2D eigenvalue weighted by atomic mass is 10.4. The fourth-order valence-corrected chi connectivity index (χ4v) is 3.15. The minimum atomic E-state index is -1.11. The first-order chi connectivity index (χ1) is 9.16. The third-order valence-corrected chi connectivity index (χ3v) is 4.68. The van der Waals surface area contributed by atoms with Gasteiger partial charge in [-0.25, -0.2) is 0 Å². The number of amides is 1. The van der Waals surface area contributed by atoms with Crippen molar-refractivity contribution in [3.63, 3.8) is 0 Å². The Kier molecular flexibility index (Phi) is 4.70. The number of hydrogen-bond donors (Lipinski definition) is 2. The van der Waals surface area contributed by atoms with Crippen molar-refractivity contribution in [2.24, 2.45) is 0 Å². The van der Waals surface area contributed by atoms with Crippen molar-refractivity contribution >= 4 is 28.0 Å². The Balaban J connectivity index is 1.81. The van der Waals surface area contributed by atoms with Crippen molar-refractivity contribution in [2.75, 3.05) is 12.3 Å². The van der Waals surface area contributed by atoms with Crippen molar-refractivity contribution in [3.8, 4) is 5.75 Å². The highest BCUT2D eigenvalue weighted by Gasteiger charge is 2.09. The Morgan fingerprint density at radius 3 is 2.68 bits per heavy atom. The molecule has 1 amide bonds. The van der Waals surface area contributed by atoms with Crippen LogP contribution in [0, 0.1) is 0 Å². The van der Waals surface area contributed by atoms with Crippen LogP contribution in [-0.4, -0.2) is 27.5 Å². The summed E-state index contributed by atoms with van der Waals surface area (Å²) in [6.45, 7) is 0.332. The molecule has 2 rings (SSSR count). The summed E-state index contributed by atoms with van der Waals surface area (Å²) < 4.78 is 11.9. The highest BCUT2D eigenvalue weighted by Crippen LogP contribution is 2.19. The van der Waals surface area contributed by atoms with E-state index in [1.807, 2.05) is 18.2 Å². The van der Waals surface area contributed by atoms with Crippen LogP contribution in [-0.2, 0) is 10.8 Å². The van der Waals surface area contributed by atoms with Crippen LogP contribution < -0.4 is 5.32 Å². The molecule has 2 aromatic rings. The van der Waals surface area contributed by atoms with Gasteiger partial charge in [-0.3, -0.25) is 9.00 Å². The third kappa shape index (κ3) is 3.90. The van der Waals surface area contributed by atoms with Gasteiger partial charge in [-0.2, -0.15) is 0 Å². The second kappa shape index (κ2) is 6.49. The molecule has 0 saturated carbocycles. The van der Waals surface area contributed by atoms with Gasteiger partial charge in [-0.15, -0.1) is 11.3 Å². The quantitative estimate of drug-likeness (QED) is 0.886. The minimum Gasteiger partial charge on any atom is -0.507 e. The number of carbonyl (C=O) groups is 1. The van der Waals surface area contributed by atoms with Crippen molar-refractivity contribution in [1.29, 1.82) is 0 Å². The van der Waals surface area contributed by atoms with Crippen molar-refractivity contribution in [1.82, 2.24) is 5.32 Å². The maximum Gasteiger partial charge on any atom is 0.261 e. The second-order valence-corrected chi connectivity index (χ2v) is 6.27. The topological polar surface area (TPSA) is 66.4 Å². The van der Waals surface area contributed by atoms with Gasteiger partial charge in [0.15, 0.2) is 0 Å². The standard InChI is InChI=1S/C13H13NO3S2/c15-10-8-12(18-9-10)13(16)14-6-7-19(17)11-4-2-1-3-5-11/h1-5,8-9,15H,6-7H2,(H,14,16)/t19-/m1/s1. The van der Waals surface area contributed by atoms with E-state index in [1.54, 1.807) is 12.1 Å². The summed E-state index contributed by atoms with van der Waals surface area (Å²) in [5.41, 5.74) is 0. The van der Waals surface area contributed by atoms with E-state index in [9.17, 15) is 9.00 Å². The molecule has 0 bridgehead atoms. The van der Waals surface area contributed by atoms with Crippen LogP contribution in [0.3, 0.4) is 0 Å². The molecule has 1 aromatic carbocycles. The van der Waals surface area contributed by atoms with E-state index >= 15 is 0 Å². The molecule has 1 heterocycles. The third-order valence-electron chi connectivity index (χ3n) is 2.39. The zero-order chi connectivity index (χ0) is 13.7. The number of nitrogens with one attached hydrogen (secondary N) is 1. The molecule has 0 saturated heterocycles. The van der Waals surface area contributed by atoms with Gasteiger partial charge in [0.05, 0.1) is 15.7 Å².